The summed E-state index contributed by atoms with van der Waals surface area (Å²) in [6.07, 6.45) is 0. The Hall–Kier alpha value is -3.46. The molecule has 1 heterocycles. The van der Waals surface area contributed by atoms with Crippen molar-refractivity contribution in [1.82, 2.24) is 4.98 Å². The Bertz CT molecular complexity index is 1030. The molecule has 4 aromatic rings. The Balaban J connectivity index is 1.93. The van der Waals surface area contributed by atoms with E-state index in [0.717, 1.165) is 34.0 Å². The van der Waals surface area contributed by atoms with Crippen LogP contribution >= 0.6 is 0 Å². The number of nitrogens with zero attached hydrogens (tertiary/aromatic N) is 3. The average Bonchev–Trinajstić information content (AvgIpc) is 2.74. The van der Waals surface area contributed by atoms with Crippen molar-refractivity contribution in [3.05, 3.63) is 103 Å². The molecular formula is C24H22N3+. The minimum Gasteiger partial charge on any atom is -0.214 e. The van der Waals surface area contributed by atoms with Gasteiger partial charge in [-0.3, -0.25) is 0 Å². The number of para-hydroxylation sites is 1. The van der Waals surface area contributed by atoms with E-state index in [1.165, 1.54) is 0 Å². The predicted octanol–water partition coefficient (Wildman–Crippen LogP) is 4.91. The molecule has 0 aliphatic rings. The highest BCUT2D eigenvalue weighted by Crippen LogP contribution is 2.22. The lowest BCUT2D eigenvalue weighted by molar-refractivity contribution is -0.679. The lowest BCUT2D eigenvalue weighted by atomic mass is 10.1. The molecule has 0 saturated heterocycles. The van der Waals surface area contributed by atoms with E-state index in [2.05, 4.69) is 78.3 Å². The third-order valence-corrected chi connectivity index (χ3v) is 4.64. The molecule has 0 unspecified atom stereocenters. The summed E-state index contributed by atoms with van der Waals surface area (Å²) in [7, 11) is 2.07. The number of hydrogen-bond acceptors (Lipinski definition) is 2. The highest BCUT2D eigenvalue weighted by molar-refractivity contribution is 5.62. The van der Waals surface area contributed by atoms with E-state index in [9.17, 15) is 0 Å². The van der Waals surface area contributed by atoms with Crippen LogP contribution in [0.2, 0.25) is 0 Å². The minimum absolute atomic E-state index is 0.917. The van der Waals surface area contributed by atoms with E-state index in [-0.39, 0.29) is 0 Å². The van der Waals surface area contributed by atoms with Gasteiger partial charge in [-0.2, -0.15) is 0 Å². The standard InChI is InChI=1S/C24H22N3/c1-19-18-23(20-12-6-3-7-13-20)25-24(21-14-8-4-9-15-21)27(19)26(2)22-16-10-5-11-17-22/h3-18H,1-2H3/q+1. The molecule has 0 atom stereocenters. The van der Waals surface area contributed by atoms with E-state index < -0.39 is 0 Å². The van der Waals surface area contributed by atoms with Crippen molar-refractivity contribution in [2.75, 3.05) is 12.1 Å². The molecule has 132 valence electrons. The van der Waals surface area contributed by atoms with Crippen LogP contribution in [0.15, 0.2) is 97.1 Å². The fourth-order valence-electron chi connectivity index (χ4n) is 3.29. The van der Waals surface area contributed by atoms with Gasteiger partial charge in [-0.1, -0.05) is 66.7 Å². The first-order valence-corrected chi connectivity index (χ1v) is 9.07. The van der Waals surface area contributed by atoms with Crippen molar-refractivity contribution in [3.8, 4) is 22.6 Å². The summed E-state index contributed by atoms with van der Waals surface area (Å²) >= 11 is 0. The topological polar surface area (TPSA) is 20.0 Å². The molecule has 0 fully saturated rings. The lowest BCUT2D eigenvalue weighted by Gasteiger charge is -2.20. The Morgan fingerprint density at radius 2 is 1.22 bits per heavy atom. The Morgan fingerprint density at radius 3 is 1.81 bits per heavy atom. The highest BCUT2D eigenvalue weighted by Gasteiger charge is 2.24. The van der Waals surface area contributed by atoms with Crippen molar-refractivity contribution in [2.24, 2.45) is 0 Å². The molecule has 0 aliphatic carbocycles. The van der Waals surface area contributed by atoms with Gasteiger partial charge in [-0.25, -0.2) is 5.01 Å². The first kappa shape index (κ1) is 17.0. The zero-order chi connectivity index (χ0) is 18.6. The maximum absolute atomic E-state index is 5.04. The van der Waals surface area contributed by atoms with Gasteiger partial charge in [0.1, 0.15) is 5.69 Å². The number of hydrogen-bond donors (Lipinski definition) is 0. The summed E-state index contributed by atoms with van der Waals surface area (Å²) in [5, 5.41) is 2.14. The van der Waals surface area contributed by atoms with Crippen LogP contribution in [-0.4, -0.2) is 12.0 Å². The third-order valence-electron chi connectivity index (χ3n) is 4.64. The molecule has 0 aliphatic heterocycles. The summed E-state index contributed by atoms with van der Waals surface area (Å²) in [5.74, 6) is 0.917. The summed E-state index contributed by atoms with van der Waals surface area (Å²) < 4.78 is 2.16. The molecule has 0 saturated carbocycles. The van der Waals surface area contributed by atoms with Gasteiger partial charge < -0.3 is 0 Å². The molecule has 0 N–H and O–H groups in total. The Kier molecular flexibility index (Phi) is 4.67. The number of aryl methyl sites for hydroxylation is 1. The van der Waals surface area contributed by atoms with E-state index in [0.29, 0.717) is 0 Å². The van der Waals surface area contributed by atoms with Crippen molar-refractivity contribution in [1.29, 1.82) is 0 Å². The van der Waals surface area contributed by atoms with Crippen LogP contribution in [0.4, 0.5) is 5.69 Å². The molecule has 1 aromatic heterocycles. The number of benzene rings is 3. The molecule has 3 heteroatoms. The maximum atomic E-state index is 5.04. The molecule has 27 heavy (non-hydrogen) atoms. The maximum Gasteiger partial charge on any atom is 0.354 e. The second kappa shape index (κ2) is 7.42. The number of rotatable bonds is 4. The smallest absolute Gasteiger partial charge is 0.214 e. The third kappa shape index (κ3) is 3.44. The van der Waals surface area contributed by atoms with Crippen LogP contribution in [0.3, 0.4) is 0 Å². The van der Waals surface area contributed by atoms with Crippen LogP contribution in [0.5, 0.6) is 0 Å². The van der Waals surface area contributed by atoms with Crippen LogP contribution in [0.25, 0.3) is 22.6 Å². The number of aromatic nitrogens is 2. The minimum atomic E-state index is 0.917. The highest BCUT2D eigenvalue weighted by atomic mass is 15.5. The van der Waals surface area contributed by atoms with E-state index in [1.807, 2.05) is 42.5 Å². The van der Waals surface area contributed by atoms with Gasteiger partial charge in [0.2, 0.25) is 0 Å². The summed E-state index contributed by atoms with van der Waals surface area (Å²) in [5.41, 5.74) is 5.41. The lowest BCUT2D eigenvalue weighted by Crippen LogP contribution is -2.56. The van der Waals surface area contributed by atoms with Gasteiger partial charge in [0, 0.05) is 25.6 Å². The molecule has 4 rings (SSSR count). The van der Waals surface area contributed by atoms with E-state index in [4.69, 9.17) is 4.98 Å². The van der Waals surface area contributed by atoms with Crippen molar-refractivity contribution in [3.63, 3.8) is 0 Å². The van der Waals surface area contributed by atoms with Crippen molar-refractivity contribution < 1.29 is 4.68 Å². The van der Waals surface area contributed by atoms with Crippen molar-refractivity contribution >= 4 is 5.69 Å². The fraction of sp³-hybridized carbons (Fsp3) is 0.0833. The first-order valence-electron chi connectivity index (χ1n) is 9.07. The van der Waals surface area contributed by atoms with Crippen molar-refractivity contribution in [2.45, 2.75) is 6.92 Å². The molecule has 3 aromatic carbocycles. The number of anilines is 1. The second-order valence-corrected chi connectivity index (χ2v) is 6.51. The predicted molar refractivity (Wildman–Crippen MR) is 110 cm³/mol. The quantitative estimate of drug-likeness (QED) is 0.486. The van der Waals surface area contributed by atoms with Crippen LogP contribution in [0.1, 0.15) is 5.69 Å². The zero-order valence-electron chi connectivity index (χ0n) is 15.6. The second-order valence-electron chi connectivity index (χ2n) is 6.51. The van der Waals surface area contributed by atoms with Gasteiger partial charge in [0.25, 0.3) is 0 Å². The molecular weight excluding hydrogens is 330 g/mol. The Morgan fingerprint density at radius 1 is 0.704 bits per heavy atom. The molecule has 3 nitrogen and oxygen atoms in total. The molecule has 0 bridgehead atoms. The molecule has 0 spiro atoms. The van der Waals surface area contributed by atoms with E-state index in [1.54, 1.807) is 0 Å². The Labute approximate surface area is 160 Å². The van der Waals surface area contributed by atoms with Gasteiger partial charge in [0.15, 0.2) is 5.69 Å². The van der Waals surface area contributed by atoms with Crippen LogP contribution in [-0.2, 0) is 0 Å². The van der Waals surface area contributed by atoms with Gasteiger partial charge >= 0.3 is 5.82 Å². The van der Waals surface area contributed by atoms with Gasteiger partial charge in [-0.05, 0) is 29.2 Å². The SMILES string of the molecule is Cc1cc(-c2ccccc2)nc(-c2ccccc2)[n+]1N(C)c1ccccc1. The van der Waals surface area contributed by atoms with Crippen LogP contribution < -0.4 is 9.69 Å². The molecule has 0 radical (unpaired) electrons. The zero-order valence-corrected chi connectivity index (χ0v) is 15.6. The van der Waals surface area contributed by atoms with Gasteiger partial charge in [-0.15, -0.1) is 4.68 Å². The van der Waals surface area contributed by atoms with Gasteiger partial charge in [0.05, 0.1) is 11.3 Å². The monoisotopic (exact) mass is 352 g/mol. The summed E-state index contributed by atoms with van der Waals surface area (Å²) in [4.78, 5) is 5.04. The van der Waals surface area contributed by atoms with E-state index >= 15 is 0 Å². The fourth-order valence-corrected chi connectivity index (χ4v) is 3.29. The van der Waals surface area contributed by atoms with Crippen LogP contribution in [0, 0.1) is 6.92 Å². The summed E-state index contributed by atoms with van der Waals surface area (Å²) in [6.45, 7) is 2.12. The normalized spacial score (nSPS) is 10.6. The first-order chi connectivity index (χ1) is 13.2. The molecule has 0 amide bonds. The average molecular weight is 352 g/mol. The largest absolute Gasteiger partial charge is 0.354 e. The summed E-state index contributed by atoms with van der Waals surface area (Å²) in [6, 6.07) is 33.1.